The van der Waals surface area contributed by atoms with E-state index < -0.39 is 5.97 Å². The zero-order valence-corrected chi connectivity index (χ0v) is 10.5. The Balaban J connectivity index is 2.22. The van der Waals surface area contributed by atoms with Gasteiger partial charge in [-0.05, 0) is 19.1 Å². The number of nitrogens with one attached hydrogen (secondary N) is 1. The summed E-state index contributed by atoms with van der Waals surface area (Å²) in [7, 11) is 0. The topological polar surface area (TPSA) is 106 Å². The van der Waals surface area contributed by atoms with E-state index in [-0.39, 0.29) is 5.56 Å². The number of aryl methyl sites for hydroxylation is 1. The molecule has 2 aromatic rings. The average Bonchev–Trinajstić information content (AvgIpc) is 2.84. The largest absolute Gasteiger partial charge is 0.478 e. The van der Waals surface area contributed by atoms with Crippen LogP contribution in [0, 0.1) is 0 Å². The van der Waals surface area contributed by atoms with E-state index in [1.807, 2.05) is 11.5 Å². The number of nitrogens with two attached hydrogens (primary N) is 1. The third-order valence-corrected chi connectivity index (χ3v) is 2.79. The lowest BCUT2D eigenvalue weighted by Crippen LogP contribution is -2.12. The van der Waals surface area contributed by atoms with Gasteiger partial charge in [0.05, 0.1) is 23.5 Å². The molecule has 0 atom stereocenters. The van der Waals surface area contributed by atoms with E-state index in [2.05, 4.69) is 15.5 Å². The molecule has 0 spiro atoms. The third-order valence-electron chi connectivity index (χ3n) is 2.79. The van der Waals surface area contributed by atoms with Gasteiger partial charge in [0.25, 0.3) is 0 Å². The first-order valence-corrected chi connectivity index (χ1v) is 5.85. The predicted octanol–water partition coefficient (Wildman–Crippen LogP) is 1.19. The lowest BCUT2D eigenvalue weighted by Gasteiger charge is -2.12. The third kappa shape index (κ3) is 2.65. The number of rotatable bonds is 5. The number of benzene rings is 1. The van der Waals surface area contributed by atoms with E-state index >= 15 is 0 Å². The molecule has 1 aromatic carbocycles. The number of aromatic nitrogens is 3. The highest BCUT2D eigenvalue weighted by Crippen LogP contribution is 2.23. The number of hydrogen-bond acceptors (Lipinski definition) is 5. The van der Waals surface area contributed by atoms with Crippen molar-refractivity contribution < 1.29 is 9.90 Å². The SMILES string of the molecule is CCn1cnnc1CNc1c(N)cccc1C(=O)O. The molecule has 7 nitrogen and oxygen atoms in total. The Labute approximate surface area is 110 Å². The van der Waals surface area contributed by atoms with Gasteiger partial charge in [-0.1, -0.05) is 6.07 Å². The number of carboxylic acid groups (broad SMARTS) is 1. The van der Waals surface area contributed by atoms with E-state index in [0.717, 1.165) is 12.4 Å². The molecule has 0 saturated heterocycles. The Morgan fingerprint density at radius 2 is 2.32 bits per heavy atom. The lowest BCUT2D eigenvalue weighted by molar-refractivity contribution is 0.0698. The van der Waals surface area contributed by atoms with Crippen LogP contribution in [0.1, 0.15) is 23.1 Å². The van der Waals surface area contributed by atoms with Gasteiger partial charge in [0, 0.05) is 6.54 Å². The van der Waals surface area contributed by atoms with Crippen molar-refractivity contribution in [1.82, 2.24) is 14.8 Å². The van der Waals surface area contributed by atoms with Crippen molar-refractivity contribution in [2.75, 3.05) is 11.1 Å². The first kappa shape index (κ1) is 12.9. The van der Waals surface area contributed by atoms with Gasteiger partial charge in [0.1, 0.15) is 6.33 Å². The highest BCUT2D eigenvalue weighted by molar-refractivity contribution is 5.97. The zero-order valence-electron chi connectivity index (χ0n) is 10.5. The standard InChI is InChI=1S/C12H15N5O2/c1-2-17-7-15-16-10(17)6-14-11-8(12(18)19)4-3-5-9(11)13/h3-5,7,14H,2,6,13H2,1H3,(H,18,19). The summed E-state index contributed by atoms with van der Waals surface area (Å²) in [6.45, 7) is 3.09. The van der Waals surface area contributed by atoms with Crippen molar-refractivity contribution in [2.45, 2.75) is 20.0 Å². The molecule has 0 unspecified atom stereocenters. The van der Waals surface area contributed by atoms with Gasteiger partial charge in [0.15, 0.2) is 5.82 Å². The molecule has 4 N–H and O–H groups in total. The quantitative estimate of drug-likeness (QED) is 0.698. The summed E-state index contributed by atoms with van der Waals surface area (Å²) < 4.78 is 1.87. The molecule has 0 amide bonds. The summed E-state index contributed by atoms with van der Waals surface area (Å²) in [6, 6.07) is 4.77. The summed E-state index contributed by atoms with van der Waals surface area (Å²) in [4.78, 5) is 11.1. The number of nitrogen functional groups attached to an aromatic ring is 1. The summed E-state index contributed by atoms with van der Waals surface area (Å²) in [5.74, 6) is -0.297. The minimum atomic E-state index is -1.02. The second-order valence-corrected chi connectivity index (χ2v) is 3.96. The molecule has 0 aliphatic heterocycles. The molecule has 1 heterocycles. The molecule has 100 valence electrons. The minimum Gasteiger partial charge on any atom is -0.478 e. The zero-order chi connectivity index (χ0) is 13.8. The fraction of sp³-hybridized carbons (Fsp3) is 0.250. The molecular weight excluding hydrogens is 246 g/mol. The second kappa shape index (κ2) is 5.38. The fourth-order valence-electron chi connectivity index (χ4n) is 1.79. The number of nitrogens with zero attached hydrogens (tertiary/aromatic N) is 3. The number of hydrogen-bond donors (Lipinski definition) is 3. The molecule has 0 fully saturated rings. The van der Waals surface area contributed by atoms with Gasteiger partial charge in [-0.2, -0.15) is 0 Å². The highest BCUT2D eigenvalue weighted by atomic mass is 16.4. The number of carbonyl (C=O) groups is 1. The van der Waals surface area contributed by atoms with Crippen LogP contribution in [-0.2, 0) is 13.1 Å². The lowest BCUT2D eigenvalue weighted by atomic mass is 10.1. The van der Waals surface area contributed by atoms with E-state index in [1.54, 1.807) is 18.5 Å². The van der Waals surface area contributed by atoms with Crippen LogP contribution in [0.4, 0.5) is 11.4 Å². The van der Waals surface area contributed by atoms with E-state index in [4.69, 9.17) is 10.8 Å². The number of anilines is 2. The van der Waals surface area contributed by atoms with Gasteiger partial charge >= 0.3 is 5.97 Å². The van der Waals surface area contributed by atoms with Crippen LogP contribution in [0.15, 0.2) is 24.5 Å². The van der Waals surface area contributed by atoms with Crippen LogP contribution in [0.2, 0.25) is 0 Å². The molecule has 1 aromatic heterocycles. The van der Waals surface area contributed by atoms with Crippen molar-refractivity contribution in [3.05, 3.63) is 35.9 Å². The van der Waals surface area contributed by atoms with Gasteiger partial charge in [-0.25, -0.2) is 4.79 Å². The Morgan fingerprint density at radius 1 is 1.53 bits per heavy atom. The monoisotopic (exact) mass is 261 g/mol. The van der Waals surface area contributed by atoms with E-state index in [9.17, 15) is 4.79 Å². The summed E-state index contributed by atoms with van der Waals surface area (Å²) >= 11 is 0. The maximum absolute atomic E-state index is 11.1. The maximum Gasteiger partial charge on any atom is 0.337 e. The average molecular weight is 261 g/mol. The van der Waals surface area contributed by atoms with Crippen molar-refractivity contribution in [2.24, 2.45) is 0 Å². The molecule has 0 aliphatic carbocycles. The van der Waals surface area contributed by atoms with Crippen LogP contribution in [-0.4, -0.2) is 25.8 Å². The normalized spacial score (nSPS) is 10.4. The van der Waals surface area contributed by atoms with Gasteiger partial charge < -0.3 is 20.7 Å². The van der Waals surface area contributed by atoms with Crippen LogP contribution in [0.5, 0.6) is 0 Å². The number of aromatic carboxylic acids is 1. The Hall–Kier alpha value is -2.57. The first-order chi connectivity index (χ1) is 9.13. The van der Waals surface area contributed by atoms with Gasteiger partial charge in [0.2, 0.25) is 0 Å². The second-order valence-electron chi connectivity index (χ2n) is 3.96. The summed E-state index contributed by atoms with van der Waals surface area (Å²) in [5.41, 5.74) is 6.74. The van der Waals surface area contributed by atoms with Crippen molar-refractivity contribution in [1.29, 1.82) is 0 Å². The Kier molecular flexibility index (Phi) is 3.65. The summed E-state index contributed by atoms with van der Waals surface area (Å²) in [5, 5.41) is 19.9. The summed E-state index contributed by atoms with van der Waals surface area (Å²) in [6.07, 6.45) is 1.63. The number of para-hydroxylation sites is 1. The fourth-order valence-corrected chi connectivity index (χ4v) is 1.79. The van der Waals surface area contributed by atoms with E-state index in [1.165, 1.54) is 6.07 Å². The Morgan fingerprint density at radius 3 is 3.00 bits per heavy atom. The molecule has 0 saturated carbocycles. The molecular formula is C12H15N5O2. The molecule has 0 bridgehead atoms. The predicted molar refractivity (Wildman–Crippen MR) is 70.8 cm³/mol. The van der Waals surface area contributed by atoms with Crippen molar-refractivity contribution in [3.63, 3.8) is 0 Å². The smallest absolute Gasteiger partial charge is 0.337 e. The van der Waals surface area contributed by atoms with Crippen LogP contribution in [0.3, 0.4) is 0 Å². The first-order valence-electron chi connectivity index (χ1n) is 5.85. The number of carboxylic acids is 1. The van der Waals surface area contributed by atoms with Crippen molar-refractivity contribution >= 4 is 17.3 Å². The Bertz CT molecular complexity index is 594. The molecule has 19 heavy (non-hydrogen) atoms. The molecule has 0 aliphatic rings. The van der Waals surface area contributed by atoms with Crippen molar-refractivity contribution in [3.8, 4) is 0 Å². The highest BCUT2D eigenvalue weighted by Gasteiger charge is 2.13. The van der Waals surface area contributed by atoms with Gasteiger partial charge in [-0.15, -0.1) is 10.2 Å². The van der Waals surface area contributed by atoms with Crippen LogP contribution in [0.25, 0.3) is 0 Å². The van der Waals surface area contributed by atoms with Crippen LogP contribution < -0.4 is 11.1 Å². The van der Waals surface area contributed by atoms with Crippen LogP contribution >= 0.6 is 0 Å². The molecule has 7 heteroatoms. The molecule has 0 radical (unpaired) electrons. The van der Waals surface area contributed by atoms with Gasteiger partial charge in [-0.3, -0.25) is 0 Å². The van der Waals surface area contributed by atoms with E-state index in [0.29, 0.717) is 17.9 Å². The molecule has 2 rings (SSSR count). The maximum atomic E-state index is 11.1. The minimum absolute atomic E-state index is 0.141.